The van der Waals surface area contributed by atoms with Crippen molar-refractivity contribution in [3.63, 3.8) is 0 Å². The van der Waals surface area contributed by atoms with Crippen LogP contribution in [0.1, 0.15) is 13.8 Å². The molecule has 1 aromatic carbocycles. The third-order valence-electron chi connectivity index (χ3n) is 1.80. The molecule has 0 N–H and O–H groups in total. The molecule has 0 fully saturated rings. The van der Waals surface area contributed by atoms with Crippen LogP contribution in [0.3, 0.4) is 0 Å². The summed E-state index contributed by atoms with van der Waals surface area (Å²) in [6.07, 6.45) is -4.37. The molecule has 0 heterocycles. The van der Waals surface area contributed by atoms with Crippen LogP contribution in [0.2, 0.25) is 0 Å². The largest absolute Gasteiger partial charge is 0.478 e. The van der Waals surface area contributed by atoms with Gasteiger partial charge in [-0.2, -0.15) is 13.2 Å². The van der Waals surface area contributed by atoms with E-state index in [-0.39, 0.29) is 5.75 Å². The highest BCUT2D eigenvalue weighted by Crippen LogP contribution is 2.33. The second-order valence-corrected chi connectivity index (χ2v) is 3.42. The van der Waals surface area contributed by atoms with Crippen molar-refractivity contribution in [2.45, 2.75) is 25.6 Å². The molecule has 0 aliphatic carbocycles. The molecule has 1 rings (SSSR count). The van der Waals surface area contributed by atoms with E-state index in [2.05, 4.69) is 0 Å². The summed E-state index contributed by atoms with van der Waals surface area (Å²) in [6.45, 7) is 2.00. The minimum atomic E-state index is -4.37. The van der Waals surface area contributed by atoms with Gasteiger partial charge < -0.3 is 4.74 Å². The number of ether oxygens (including phenoxy) is 1. The van der Waals surface area contributed by atoms with E-state index in [1.807, 2.05) is 0 Å². The molecule has 78 valence electrons. The number of alkyl halides is 3. The fraction of sp³-hybridized carbons (Fsp3) is 0.400. The Hall–Kier alpha value is -1.19. The van der Waals surface area contributed by atoms with Gasteiger partial charge in [0.1, 0.15) is 5.75 Å². The summed E-state index contributed by atoms with van der Waals surface area (Å²) in [4.78, 5) is 0. The van der Waals surface area contributed by atoms with E-state index in [9.17, 15) is 13.2 Å². The third-order valence-corrected chi connectivity index (χ3v) is 1.80. The highest BCUT2D eigenvalue weighted by Gasteiger charge is 2.49. The van der Waals surface area contributed by atoms with E-state index in [1.165, 1.54) is 12.1 Å². The number of halogens is 3. The summed E-state index contributed by atoms with van der Waals surface area (Å²) in [6, 6.07) is 7.96. The van der Waals surface area contributed by atoms with Crippen LogP contribution in [0.4, 0.5) is 13.2 Å². The van der Waals surface area contributed by atoms with Gasteiger partial charge >= 0.3 is 6.18 Å². The molecule has 0 unspecified atom stereocenters. The zero-order chi connectivity index (χ0) is 10.8. The molecule has 0 radical (unpaired) electrons. The quantitative estimate of drug-likeness (QED) is 0.717. The highest BCUT2D eigenvalue weighted by atomic mass is 19.4. The van der Waals surface area contributed by atoms with E-state index < -0.39 is 11.8 Å². The van der Waals surface area contributed by atoms with Gasteiger partial charge in [-0.05, 0) is 26.0 Å². The Kier molecular flexibility index (Phi) is 2.73. The van der Waals surface area contributed by atoms with E-state index in [4.69, 9.17) is 4.74 Å². The van der Waals surface area contributed by atoms with E-state index in [0.29, 0.717) is 0 Å². The molecule has 0 amide bonds. The molecule has 0 aliphatic heterocycles. The van der Waals surface area contributed by atoms with Crippen molar-refractivity contribution in [1.82, 2.24) is 0 Å². The van der Waals surface area contributed by atoms with Crippen LogP contribution in [0, 0.1) is 0 Å². The molecule has 4 heteroatoms. The van der Waals surface area contributed by atoms with Crippen LogP contribution in [0.5, 0.6) is 5.75 Å². The van der Waals surface area contributed by atoms with Gasteiger partial charge in [0.2, 0.25) is 0 Å². The van der Waals surface area contributed by atoms with Crippen LogP contribution in [0.25, 0.3) is 0 Å². The number of hydrogen-bond acceptors (Lipinski definition) is 1. The first kappa shape index (κ1) is 10.9. The minimum absolute atomic E-state index is 0.217. The predicted octanol–water partition coefficient (Wildman–Crippen LogP) is 3.41. The van der Waals surface area contributed by atoms with Gasteiger partial charge in [-0.15, -0.1) is 0 Å². The van der Waals surface area contributed by atoms with Crippen molar-refractivity contribution < 1.29 is 17.9 Å². The first-order chi connectivity index (χ1) is 6.33. The predicted molar refractivity (Wildman–Crippen MR) is 47.2 cm³/mol. The maximum absolute atomic E-state index is 12.4. The van der Waals surface area contributed by atoms with Gasteiger partial charge in [0.05, 0.1) is 0 Å². The fourth-order valence-corrected chi connectivity index (χ4v) is 0.841. The van der Waals surface area contributed by atoms with Gasteiger partial charge in [-0.1, -0.05) is 18.2 Å². The lowest BCUT2D eigenvalue weighted by Crippen LogP contribution is -2.44. The molecule has 1 aromatic rings. The Labute approximate surface area is 80.5 Å². The summed E-state index contributed by atoms with van der Waals surface area (Å²) >= 11 is 0. The molecule has 0 saturated heterocycles. The van der Waals surface area contributed by atoms with Crippen molar-refractivity contribution in [2.24, 2.45) is 0 Å². The standard InChI is InChI=1S/C10H11F3O/c1-9(2,10(11,12)13)14-8-6-4-3-5-7-8/h3-7H,1-2H3. The molecular weight excluding hydrogens is 193 g/mol. The lowest BCUT2D eigenvalue weighted by Gasteiger charge is -2.28. The van der Waals surface area contributed by atoms with Crippen molar-refractivity contribution in [1.29, 1.82) is 0 Å². The van der Waals surface area contributed by atoms with Crippen molar-refractivity contribution in [3.8, 4) is 5.75 Å². The maximum Gasteiger partial charge on any atom is 0.427 e. The zero-order valence-corrected chi connectivity index (χ0v) is 7.93. The Morgan fingerprint density at radius 1 is 1.00 bits per heavy atom. The zero-order valence-electron chi connectivity index (χ0n) is 7.93. The number of hydrogen-bond donors (Lipinski definition) is 0. The minimum Gasteiger partial charge on any atom is -0.478 e. The van der Waals surface area contributed by atoms with Crippen LogP contribution < -0.4 is 4.74 Å². The Morgan fingerprint density at radius 2 is 1.50 bits per heavy atom. The Morgan fingerprint density at radius 3 is 1.93 bits per heavy atom. The Bertz CT molecular complexity index is 290. The maximum atomic E-state index is 12.4. The third kappa shape index (κ3) is 2.40. The van der Waals surface area contributed by atoms with Crippen LogP contribution in [-0.4, -0.2) is 11.8 Å². The van der Waals surface area contributed by atoms with Crippen LogP contribution >= 0.6 is 0 Å². The first-order valence-corrected chi connectivity index (χ1v) is 4.14. The Balaban J connectivity index is 2.79. The summed E-state index contributed by atoms with van der Waals surface area (Å²) in [5, 5.41) is 0. The molecule has 0 spiro atoms. The van der Waals surface area contributed by atoms with Gasteiger partial charge in [0, 0.05) is 0 Å². The molecule has 0 bridgehead atoms. The van der Waals surface area contributed by atoms with Gasteiger partial charge in [-0.3, -0.25) is 0 Å². The number of rotatable bonds is 2. The van der Waals surface area contributed by atoms with Crippen molar-refractivity contribution in [2.75, 3.05) is 0 Å². The normalized spacial score (nSPS) is 12.6. The number of para-hydroxylation sites is 1. The molecular formula is C10H11F3O. The topological polar surface area (TPSA) is 9.23 Å². The molecule has 0 atom stereocenters. The van der Waals surface area contributed by atoms with Gasteiger partial charge in [0.25, 0.3) is 0 Å². The summed E-state index contributed by atoms with van der Waals surface area (Å²) in [7, 11) is 0. The average Bonchev–Trinajstić information content (AvgIpc) is 2.03. The van der Waals surface area contributed by atoms with Gasteiger partial charge in [-0.25, -0.2) is 0 Å². The molecule has 0 saturated carbocycles. The fourth-order valence-electron chi connectivity index (χ4n) is 0.841. The summed E-state index contributed by atoms with van der Waals surface area (Å²) in [5.41, 5.74) is -2.16. The van der Waals surface area contributed by atoms with Gasteiger partial charge in [0.15, 0.2) is 5.60 Å². The van der Waals surface area contributed by atoms with Crippen molar-refractivity contribution in [3.05, 3.63) is 30.3 Å². The smallest absolute Gasteiger partial charge is 0.427 e. The first-order valence-electron chi connectivity index (χ1n) is 4.14. The highest BCUT2D eigenvalue weighted by molar-refractivity contribution is 5.22. The summed E-state index contributed by atoms with van der Waals surface area (Å²) in [5.74, 6) is 0.217. The summed E-state index contributed by atoms with van der Waals surface area (Å²) < 4.78 is 42.0. The lowest BCUT2D eigenvalue weighted by molar-refractivity contribution is -0.234. The monoisotopic (exact) mass is 204 g/mol. The van der Waals surface area contributed by atoms with Crippen LogP contribution in [-0.2, 0) is 0 Å². The molecule has 1 nitrogen and oxygen atoms in total. The second-order valence-electron chi connectivity index (χ2n) is 3.42. The lowest BCUT2D eigenvalue weighted by atomic mass is 10.1. The number of benzene rings is 1. The van der Waals surface area contributed by atoms with Crippen molar-refractivity contribution >= 4 is 0 Å². The molecule has 0 aromatic heterocycles. The van der Waals surface area contributed by atoms with E-state index in [1.54, 1.807) is 18.2 Å². The average molecular weight is 204 g/mol. The van der Waals surface area contributed by atoms with E-state index >= 15 is 0 Å². The molecule has 0 aliphatic rings. The van der Waals surface area contributed by atoms with Crippen LogP contribution in [0.15, 0.2) is 30.3 Å². The SMILES string of the molecule is CC(C)(Oc1ccccc1)C(F)(F)F. The van der Waals surface area contributed by atoms with E-state index in [0.717, 1.165) is 13.8 Å². The molecule has 14 heavy (non-hydrogen) atoms. The second kappa shape index (κ2) is 3.52.